The van der Waals surface area contributed by atoms with E-state index in [1.54, 1.807) is 25.6 Å². The highest BCUT2D eigenvalue weighted by Gasteiger charge is 2.28. The molecule has 0 atom stereocenters. The summed E-state index contributed by atoms with van der Waals surface area (Å²) in [7, 11) is 0. The first-order valence-corrected chi connectivity index (χ1v) is 7.68. The van der Waals surface area contributed by atoms with Gasteiger partial charge in [-0.1, -0.05) is 18.2 Å². The van der Waals surface area contributed by atoms with Crippen molar-refractivity contribution in [3.05, 3.63) is 30.3 Å². The van der Waals surface area contributed by atoms with Crippen molar-refractivity contribution in [3.8, 4) is 0 Å². The van der Waals surface area contributed by atoms with Crippen LogP contribution < -0.4 is 0 Å². The van der Waals surface area contributed by atoms with Crippen LogP contribution in [0.2, 0.25) is 0 Å². The second-order valence-electron chi connectivity index (χ2n) is 4.01. The molecule has 0 fully saturated rings. The van der Waals surface area contributed by atoms with Crippen molar-refractivity contribution in [2.24, 2.45) is 5.92 Å². The molecule has 0 spiro atoms. The average molecular weight is 296 g/mol. The maximum Gasteiger partial charge on any atom is 0.320 e. The number of thioether (sulfide) groups is 1. The minimum atomic E-state index is -0.828. The summed E-state index contributed by atoms with van der Waals surface area (Å²) in [5.41, 5.74) is 0. The van der Waals surface area contributed by atoms with Gasteiger partial charge in [-0.3, -0.25) is 9.59 Å². The number of esters is 2. The Balaban J connectivity index is 2.51. The van der Waals surface area contributed by atoms with E-state index in [0.717, 1.165) is 4.90 Å². The van der Waals surface area contributed by atoms with Crippen LogP contribution in [0.15, 0.2) is 35.2 Å². The van der Waals surface area contributed by atoms with Crippen LogP contribution >= 0.6 is 11.8 Å². The van der Waals surface area contributed by atoms with Crippen LogP contribution in [0, 0.1) is 5.92 Å². The Kier molecular flexibility index (Phi) is 7.80. The monoisotopic (exact) mass is 296 g/mol. The van der Waals surface area contributed by atoms with Gasteiger partial charge < -0.3 is 9.47 Å². The van der Waals surface area contributed by atoms with Crippen molar-refractivity contribution in [3.63, 3.8) is 0 Å². The van der Waals surface area contributed by atoms with Gasteiger partial charge in [0.15, 0.2) is 5.92 Å². The highest BCUT2D eigenvalue weighted by molar-refractivity contribution is 7.99. The molecule has 0 amide bonds. The summed E-state index contributed by atoms with van der Waals surface area (Å²) in [5, 5.41) is 0. The fraction of sp³-hybridized carbons (Fsp3) is 0.467. The maximum absolute atomic E-state index is 11.8. The lowest BCUT2D eigenvalue weighted by Gasteiger charge is -2.14. The largest absolute Gasteiger partial charge is 0.465 e. The van der Waals surface area contributed by atoms with Gasteiger partial charge in [0.05, 0.1) is 13.2 Å². The van der Waals surface area contributed by atoms with E-state index < -0.39 is 17.9 Å². The predicted molar refractivity (Wildman–Crippen MR) is 78.5 cm³/mol. The van der Waals surface area contributed by atoms with Gasteiger partial charge in [-0.05, 0) is 38.2 Å². The molecule has 0 radical (unpaired) electrons. The van der Waals surface area contributed by atoms with E-state index in [1.807, 2.05) is 30.3 Å². The van der Waals surface area contributed by atoms with Gasteiger partial charge in [0.1, 0.15) is 0 Å². The second kappa shape index (κ2) is 9.42. The topological polar surface area (TPSA) is 52.6 Å². The molecule has 4 nitrogen and oxygen atoms in total. The van der Waals surface area contributed by atoms with Crippen LogP contribution in [-0.2, 0) is 19.1 Å². The molecule has 0 aliphatic rings. The molecular formula is C15H20O4S. The zero-order valence-electron chi connectivity index (χ0n) is 11.8. The number of carbonyl (C=O) groups excluding carboxylic acids is 2. The van der Waals surface area contributed by atoms with Crippen LogP contribution in [0.4, 0.5) is 0 Å². The summed E-state index contributed by atoms with van der Waals surface area (Å²) in [5.74, 6) is -1.17. The molecule has 0 unspecified atom stereocenters. The van der Waals surface area contributed by atoms with Gasteiger partial charge >= 0.3 is 11.9 Å². The van der Waals surface area contributed by atoms with Gasteiger partial charge in [0.2, 0.25) is 0 Å². The molecule has 0 aromatic heterocycles. The summed E-state index contributed by atoms with van der Waals surface area (Å²) >= 11 is 1.60. The van der Waals surface area contributed by atoms with Crippen molar-refractivity contribution in [2.45, 2.75) is 25.2 Å². The number of carbonyl (C=O) groups is 2. The molecule has 110 valence electrons. The highest BCUT2D eigenvalue weighted by Crippen LogP contribution is 2.21. The molecule has 1 rings (SSSR count). The van der Waals surface area contributed by atoms with E-state index in [4.69, 9.17) is 9.47 Å². The van der Waals surface area contributed by atoms with Crippen molar-refractivity contribution in [2.75, 3.05) is 19.0 Å². The van der Waals surface area contributed by atoms with E-state index in [0.29, 0.717) is 12.2 Å². The molecule has 0 heterocycles. The summed E-state index contributed by atoms with van der Waals surface area (Å²) in [4.78, 5) is 24.6. The van der Waals surface area contributed by atoms with Crippen molar-refractivity contribution >= 4 is 23.7 Å². The zero-order chi connectivity index (χ0) is 14.8. The molecule has 0 aliphatic carbocycles. The Morgan fingerprint density at radius 3 is 2.10 bits per heavy atom. The van der Waals surface area contributed by atoms with Gasteiger partial charge in [-0.15, -0.1) is 11.8 Å². The minimum absolute atomic E-state index is 0.264. The lowest BCUT2D eigenvalue weighted by atomic mass is 10.1. The molecule has 5 heteroatoms. The predicted octanol–water partition coefficient (Wildman–Crippen LogP) is 2.91. The Hall–Kier alpha value is -1.49. The lowest BCUT2D eigenvalue weighted by Crippen LogP contribution is -2.28. The number of rotatable bonds is 8. The Morgan fingerprint density at radius 1 is 1.05 bits per heavy atom. The average Bonchev–Trinajstić information content (AvgIpc) is 2.45. The van der Waals surface area contributed by atoms with Crippen LogP contribution in [0.3, 0.4) is 0 Å². The van der Waals surface area contributed by atoms with Crippen molar-refractivity contribution in [1.29, 1.82) is 0 Å². The third-order valence-electron chi connectivity index (χ3n) is 2.56. The quantitative estimate of drug-likeness (QED) is 0.419. The summed E-state index contributed by atoms with van der Waals surface area (Å²) in [6.45, 7) is 3.97. The van der Waals surface area contributed by atoms with E-state index in [9.17, 15) is 9.59 Å². The fourth-order valence-corrected chi connectivity index (χ4v) is 2.57. The van der Waals surface area contributed by atoms with E-state index in [1.165, 1.54) is 0 Å². The number of ether oxygens (including phenoxy) is 2. The standard InChI is InChI=1S/C15H20O4S/c1-3-18-14(16)13(15(17)19-4-2)10-11-20-12-8-6-5-7-9-12/h5-9,13H,3-4,10-11H2,1-2H3. The first-order chi connectivity index (χ1) is 9.69. The summed E-state index contributed by atoms with van der Waals surface area (Å²) < 4.78 is 9.85. The fourth-order valence-electron chi connectivity index (χ4n) is 1.63. The van der Waals surface area contributed by atoms with Crippen LogP contribution in [0.25, 0.3) is 0 Å². The van der Waals surface area contributed by atoms with Crippen LogP contribution in [0.1, 0.15) is 20.3 Å². The van der Waals surface area contributed by atoms with Gasteiger partial charge in [-0.25, -0.2) is 0 Å². The molecule has 0 saturated heterocycles. The first-order valence-electron chi connectivity index (χ1n) is 6.70. The number of benzene rings is 1. The number of hydrogen-bond acceptors (Lipinski definition) is 5. The smallest absolute Gasteiger partial charge is 0.320 e. The Morgan fingerprint density at radius 2 is 1.60 bits per heavy atom. The molecule has 0 aliphatic heterocycles. The van der Waals surface area contributed by atoms with E-state index in [-0.39, 0.29) is 13.2 Å². The molecule has 0 saturated carbocycles. The highest BCUT2D eigenvalue weighted by atomic mass is 32.2. The second-order valence-corrected chi connectivity index (χ2v) is 5.18. The molecular weight excluding hydrogens is 276 g/mol. The number of hydrogen-bond donors (Lipinski definition) is 0. The SMILES string of the molecule is CCOC(=O)C(CCSc1ccccc1)C(=O)OCC. The van der Waals surface area contributed by atoms with E-state index >= 15 is 0 Å². The maximum atomic E-state index is 11.8. The summed E-state index contributed by atoms with van der Waals surface area (Å²) in [6, 6.07) is 9.85. The summed E-state index contributed by atoms with van der Waals surface area (Å²) in [6.07, 6.45) is 0.414. The normalized spacial score (nSPS) is 10.3. The Labute approximate surface area is 123 Å². The third-order valence-corrected chi connectivity index (χ3v) is 3.61. The molecule has 1 aromatic carbocycles. The molecule has 20 heavy (non-hydrogen) atoms. The van der Waals surface area contributed by atoms with Crippen molar-refractivity contribution < 1.29 is 19.1 Å². The van der Waals surface area contributed by atoms with Crippen LogP contribution in [-0.4, -0.2) is 30.9 Å². The van der Waals surface area contributed by atoms with Crippen LogP contribution in [0.5, 0.6) is 0 Å². The third kappa shape index (κ3) is 5.65. The molecule has 0 N–H and O–H groups in total. The minimum Gasteiger partial charge on any atom is -0.465 e. The Bertz CT molecular complexity index is 401. The van der Waals surface area contributed by atoms with Crippen molar-refractivity contribution in [1.82, 2.24) is 0 Å². The molecule has 0 bridgehead atoms. The zero-order valence-corrected chi connectivity index (χ0v) is 12.7. The van der Waals surface area contributed by atoms with E-state index in [2.05, 4.69) is 0 Å². The first kappa shape index (κ1) is 16.6. The molecule has 1 aromatic rings. The lowest BCUT2D eigenvalue weighted by molar-refractivity contribution is -0.161. The van der Waals surface area contributed by atoms with Gasteiger partial charge in [-0.2, -0.15) is 0 Å². The van der Waals surface area contributed by atoms with Gasteiger partial charge in [0.25, 0.3) is 0 Å². The van der Waals surface area contributed by atoms with Gasteiger partial charge in [0, 0.05) is 4.90 Å².